The lowest BCUT2D eigenvalue weighted by atomic mass is 9.96. The van der Waals surface area contributed by atoms with Crippen molar-refractivity contribution >= 4 is 17.6 Å². The van der Waals surface area contributed by atoms with E-state index in [1.165, 1.54) is 7.11 Å². The molecule has 0 saturated heterocycles. The summed E-state index contributed by atoms with van der Waals surface area (Å²) in [6.45, 7) is 0. The van der Waals surface area contributed by atoms with Crippen LogP contribution in [0.2, 0.25) is 5.02 Å². The Morgan fingerprint density at radius 1 is 1.60 bits per heavy atom. The predicted octanol–water partition coefficient (Wildman–Crippen LogP) is 2.21. The number of benzene rings is 1. The number of carboxylic acid groups (broad SMARTS) is 1. The van der Waals surface area contributed by atoms with Gasteiger partial charge in [-0.15, -0.1) is 0 Å². The molecule has 4 heteroatoms. The Bertz CT molecular complexity index is 416. The van der Waals surface area contributed by atoms with Crippen LogP contribution >= 0.6 is 11.6 Å². The molecule has 0 radical (unpaired) electrons. The van der Waals surface area contributed by atoms with Gasteiger partial charge in [0.2, 0.25) is 0 Å². The molecular weight excluding hydrogens is 216 g/mol. The second-order valence-electron chi connectivity index (χ2n) is 3.64. The van der Waals surface area contributed by atoms with E-state index in [1.807, 2.05) is 6.07 Å². The van der Waals surface area contributed by atoms with Crippen LogP contribution in [-0.4, -0.2) is 18.2 Å². The predicted molar refractivity (Wildman–Crippen MR) is 56.1 cm³/mol. The highest BCUT2D eigenvalue weighted by Gasteiger charge is 2.46. The van der Waals surface area contributed by atoms with Gasteiger partial charge in [0.15, 0.2) is 5.60 Å². The molecule has 3 nitrogen and oxygen atoms in total. The molecule has 1 aliphatic carbocycles. The maximum atomic E-state index is 11.3. The van der Waals surface area contributed by atoms with Crippen LogP contribution in [0.4, 0.5) is 0 Å². The van der Waals surface area contributed by atoms with E-state index < -0.39 is 11.6 Å². The van der Waals surface area contributed by atoms with Crippen LogP contribution in [0.1, 0.15) is 17.5 Å². The highest BCUT2D eigenvalue weighted by molar-refractivity contribution is 6.30. The topological polar surface area (TPSA) is 46.5 Å². The molecule has 0 saturated carbocycles. The maximum Gasteiger partial charge on any atom is 0.340 e. The van der Waals surface area contributed by atoms with E-state index in [9.17, 15) is 9.90 Å². The lowest BCUT2D eigenvalue weighted by molar-refractivity contribution is -0.163. The zero-order valence-electron chi connectivity index (χ0n) is 8.29. The fraction of sp³-hybridized carbons (Fsp3) is 0.364. The van der Waals surface area contributed by atoms with Crippen molar-refractivity contribution in [1.82, 2.24) is 0 Å². The van der Waals surface area contributed by atoms with E-state index >= 15 is 0 Å². The third-order valence-electron chi connectivity index (χ3n) is 2.95. The molecule has 15 heavy (non-hydrogen) atoms. The number of hydrogen-bond donors (Lipinski definition) is 1. The first-order chi connectivity index (χ1) is 7.10. The molecule has 1 aliphatic rings. The fourth-order valence-electron chi connectivity index (χ4n) is 2.11. The van der Waals surface area contributed by atoms with Crippen molar-refractivity contribution in [2.75, 3.05) is 7.11 Å². The molecule has 0 heterocycles. The third-order valence-corrected chi connectivity index (χ3v) is 3.18. The lowest BCUT2D eigenvalue weighted by Gasteiger charge is -2.23. The molecule has 0 amide bonds. The van der Waals surface area contributed by atoms with Crippen LogP contribution < -0.4 is 0 Å². The van der Waals surface area contributed by atoms with E-state index in [1.54, 1.807) is 12.1 Å². The van der Waals surface area contributed by atoms with Crippen molar-refractivity contribution in [3.05, 3.63) is 34.3 Å². The van der Waals surface area contributed by atoms with Gasteiger partial charge in [0.25, 0.3) is 0 Å². The largest absolute Gasteiger partial charge is 0.479 e. The zero-order chi connectivity index (χ0) is 11.1. The second-order valence-corrected chi connectivity index (χ2v) is 4.07. The highest BCUT2D eigenvalue weighted by Crippen LogP contribution is 2.40. The smallest absolute Gasteiger partial charge is 0.340 e. The summed E-state index contributed by atoms with van der Waals surface area (Å²) in [7, 11) is 1.42. The summed E-state index contributed by atoms with van der Waals surface area (Å²) in [4.78, 5) is 11.3. The minimum atomic E-state index is -1.21. The Balaban J connectivity index is 2.59. The molecule has 0 aliphatic heterocycles. The first-order valence-corrected chi connectivity index (χ1v) is 5.05. The second kappa shape index (κ2) is 3.51. The summed E-state index contributed by atoms with van der Waals surface area (Å²) >= 11 is 5.86. The van der Waals surface area contributed by atoms with Crippen LogP contribution in [0.15, 0.2) is 18.2 Å². The Hall–Kier alpha value is -1.06. The number of carbonyl (C=O) groups is 1. The normalized spacial score (nSPS) is 23.9. The third kappa shape index (κ3) is 1.43. The number of rotatable bonds is 2. The molecule has 1 aromatic rings. The van der Waals surface area contributed by atoms with Crippen LogP contribution in [-0.2, 0) is 21.6 Å². The van der Waals surface area contributed by atoms with Crippen molar-refractivity contribution in [3.63, 3.8) is 0 Å². The number of aryl methyl sites for hydroxylation is 1. The summed E-state index contributed by atoms with van der Waals surface area (Å²) in [5.74, 6) is -0.953. The average molecular weight is 227 g/mol. The van der Waals surface area contributed by atoms with Crippen molar-refractivity contribution in [2.24, 2.45) is 0 Å². The van der Waals surface area contributed by atoms with E-state index in [0.29, 0.717) is 23.4 Å². The Kier molecular flexibility index (Phi) is 2.44. The molecule has 0 bridgehead atoms. The Labute approximate surface area is 92.6 Å². The van der Waals surface area contributed by atoms with Crippen LogP contribution in [0.25, 0.3) is 0 Å². The summed E-state index contributed by atoms with van der Waals surface area (Å²) in [5, 5.41) is 9.77. The van der Waals surface area contributed by atoms with Crippen molar-refractivity contribution in [1.29, 1.82) is 0 Å². The molecule has 0 aromatic heterocycles. The molecule has 80 valence electrons. The van der Waals surface area contributed by atoms with Crippen LogP contribution in [0.3, 0.4) is 0 Å². The standard InChI is InChI=1S/C11H11ClO3/c1-15-11(10(13)14)5-4-7-2-3-8(12)6-9(7)11/h2-3,6H,4-5H2,1H3,(H,13,14). The monoisotopic (exact) mass is 226 g/mol. The molecule has 2 rings (SSSR count). The maximum absolute atomic E-state index is 11.3. The van der Waals surface area contributed by atoms with E-state index in [2.05, 4.69) is 0 Å². The van der Waals surface area contributed by atoms with Gasteiger partial charge >= 0.3 is 5.97 Å². The summed E-state index contributed by atoms with van der Waals surface area (Å²) < 4.78 is 5.18. The molecule has 0 spiro atoms. The molecule has 0 fully saturated rings. The summed E-state index contributed by atoms with van der Waals surface area (Å²) in [5.41, 5.74) is 0.480. The average Bonchev–Trinajstić information content (AvgIpc) is 2.57. The molecule has 1 N–H and O–H groups in total. The van der Waals surface area contributed by atoms with Gasteiger partial charge < -0.3 is 9.84 Å². The van der Waals surface area contributed by atoms with E-state index in [4.69, 9.17) is 16.3 Å². The van der Waals surface area contributed by atoms with Gasteiger partial charge in [-0.2, -0.15) is 0 Å². The van der Waals surface area contributed by atoms with Gasteiger partial charge in [-0.25, -0.2) is 4.79 Å². The summed E-state index contributed by atoms with van der Waals surface area (Å²) in [6.07, 6.45) is 1.18. The van der Waals surface area contributed by atoms with Gasteiger partial charge in [-0.3, -0.25) is 0 Å². The minimum absolute atomic E-state index is 0.467. The van der Waals surface area contributed by atoms with Crippen LogP contribution in [0.5, 0.6) is 0 Å². The number of hydrogen-bond acceptors (Lipinski definition) is 2. The number of ether oxygens (including phenoxy) is 1. The van der Waals surface area contributed by atoms with Gasteiger partial charge in [0.05, 0.1) is 0 Å². The van der Waals surface area contributed by atoms with Gasteiger partial charge in [0.1, 0.15) is 0 Å². The van der Waals surface area contributed by atoms with Crippen molar-refractivity contribution in [3.8, 4) is 0 Å². The zero-order valence-corrected chi connectivity index (χ0v) is 9.04. The fourth-order valence-corrected chi connectivity index (χ4v) is 2.28. The minimum Gasteiger partial charge on any atom is -0.479 e. The molecular formula is C11H11ClO3. The highest BCUT2D eigenvalue weighted by atomic mass is 35.5. The van der Waals surface area contributed by atoms with E-state index in [0.717, 1.165) is 5.56 Å². The van der Waals surface area contributed by atoms with Crippen molar-refractivity contribution in [2.45, 2.75) is 18.4 Å². The SMILES string of the molecule is COC1(C(=O)O)CCc2ccc(Cl)cc21. The molecule has 1 aromatic carbocycles. The van der Waals surface area contributed by atoms with Gasteiger partial charge in [-0.05, 0) is 36.1 Å². The number of methoxy groups -OCH3 is 1. The first-order valence-electron chi connectivity index (χ1n) is 4.67. The molecule has 1 unspecified atom stereocenters. The number of fused-ring (bicyclic) bond motifs is 1. The van der Waals surface area contributed by atoms with E-state index in [-0.39, 0.29) is 0 Å². The van der Waals surface area contributed by atoms with Gasteiger partial charge in [-0.1, -0.05) is 17.7 Å². The Morgan fingerprint density at radius 3 is 2.93 bits per heavy atom. The summed E-state index contributed by atoms with van der Waals surface area (Å²) in [6, 6.07) is 5.32. The number of aliphatic carboxylic acids is 1. The molecule has 1 atom stereocenters. The van der Waals surface area contributed by atoms with Crippen LogP contribution in [0, 0.1) is 0 Å². The first kappa shape index (κ1) is 10.5. The van der Waals surface area contributed by atoms with Gasteiger partial charge in [0, 0.05) is 12.1 Å². The quantitative estimate of drug-likeness (QED) is 0.841. The number of carboxylic acids is 1. The lowest BCUT2D eigenvalue weighted by Crippen LogP contribution is -2.35. The number of halogens is 1. The van der Waals surface area contributed by atoms with Crippen molar-refractivity contribution < 1.29 is 14.6 Å². The Morgan fingerprint density at radius 2 is 2.33 bits per heavy atom.